The molecular formula is C23H21F2N3O2. The van der Waals surface area contributed by atoms with Crippen LogP contribution in [0.5, 0.6) is 5.75 Å². The molecule has 0 aliphatic carbocycles. The summed E-state index contributed by atoms with van der Waals surface area (Å²) in [5.74, 6) is 0.139. The van der Waals surface area contributed by atoms with E-state index in [1.54, 1.807) is 31.2 Å². The zero-order chi connectivity index (χ0) is 21.1. The first-order chi connectivity index (χ1) is 14.5. The molecule has 5 nitrogen and oxygen atoms in total. The van der Waals surface area contributed by atoms with Gasteiger partial charge in [-0.25, -0.2) is 4.98 Å². The summed E-state index contributed by atoms with van der Waals surface area (Å²) in [4.78, 5) is 16.6. The van der Waals surface area contributed by atoms with Gasteiger partial charge in [-0.2, -0.15) is 8.78 Å². The standard InChI is InChI=1S/C23H21F2N3O2/c1-15(22-27-18-10-4-5-11-19(18)28(22)23(24)25)13-26-21(29)14-30-20-12-6-8-16-7-2-3-9-17(16)20/h2-12,15,23H,13-14H2,1H3,(H,26,29)/t15-/m0/s1. The van der Waals surface area contributed by atoms with Crippen molar-refractivity contribution >= 4 is 27.7 Å². The third-order valence-electron chi connectivity index (χ3n) is 4.97. The second kappa shape index (κ2) is 8.49. The number of nitrogens with zero attached hydrogens (tertiary/aromatic N) is 2. The van der Waals surface area contributed by atoms with E-state index in [2.05, 4.69) is 10.3 Å². The second-order valence-electron chi connectivity index (χ2n) is 7.08. The van der Waals surface area contributed by atoms with Crippen LogP contribution in [0.1, 0.15) is 25.2 Å². The van der Waals surface area contributed by atoms with E-state index in [0.29, 0.717) is 16.8 Å². The van der Waals surface area contributed by atoms with Crippen LogP contribution in [0.4, 0.5) is 8.78 Å². The number of ether oxygens (including phenoxy) is 1. The summed E-state index contributed by atoms with van der Waals surface area (Å²) in [5.41, 5.74) is 0.880. The Hall–Kier alpha value is -3.48. The third kappa shape index (κ3) is 3.96. The van der Waals surface area contributed by atoms with Gasteiger partial charge in [-0.05, 0) is 23.6 Å². The molecule has 0 bridgehead atoms. The number of fused-ring (bicyclic) bond motifs is 2. The third-order valence-corrected chi connectivity index (χ3v) is 4.97. The van der Waals surface area contributed by atoms with Gasteiger partial charge in [0, 0.05) is 17.8 Å². The van der Waals surface area contributed by atoms with Crippen LogP contribution >= 0.6 is 0 Å². The number of hydrogen-bond acceptors (Lipinski definition) is 3. The van der Waals surface area contributed by atoms with E-state index >= 15 is 0 Å². The molecule has 0 unspecified atom stereocenters. The number of hydrogen-bond donors (Lipinski definition) is 1. The highest BCUT2D eigenvalue weighted by Crippen LogP contribution is 2.27. The number of carbonyl (C=O) groups is 1. The van der Waals surface area contributed by atoms with Crippen molar-refractivity contribution in [2.45, 2.75) is 19.4 Å². The Morgan fingerprint density at radius 3 is 2.63 bits per heavy atom. The van der Waals surface area contributed by atoms with Crippen LogP contribution in [-0.2, 0) is 4.79 Å². The van der Waals surface area contributed by atoms with Crippen molar-refractivity contribution in [2.24, 2.45) is 0 Å². The van der Waals surface area contributed by atoms with Gasteiger partial charge in [-0.3, -0.25) is 9.36 Å². The lowest BCUT2D eigenvalue weighted by atomic mass is 10.1. The summed E-state index contributed by atoms with van der Waals surface area (Å²) in [6, 6.07) is 20.2. The molecule has 0 saturated heterocycles. The number of imidazole rings is 1. The van der Waals surface area contributed by atoms with Crippen molar-refractivity contribution in [3.8, 4) is 5.75 Å². The van der Waals surface area contributed by atoms with Crippen molar-refractivity contribution in [2.75, 3.05) is 13.2 Å². The smallest absolute Gasteiger partial charge is 0.320 e. The molecule has 1 heterocycles. The van der Waals surface area contributed by atoms with Crippen molar-refractivity contribution in [1.82, 2.24) is 14.9 Å². The Balaban J connectivity index is 1.40. The van der Waals surface area contributed by atoms with E-state index in [4.69, 9.17) is 4.74 Å². The molecule has 0 fully saturated rings. The first-order valence-electron chi connectivity index (χ1n) is 9.67. The van der Waals surface area contributed by atoms with Gasteiger partial charge in [0.2, 0.25) is 0 Å². The van der Waals surface area contributed by atoms with E-state index in [-0.39, 0.29) is 24.9 Å². The van der Waals surface area contributed by atoms with Gasteiger partial charge in [0.05, 0.1) is 11.0 Å². The summed E-state index contributed by atoms with van der Waals surface area (Å²) < 4.78 is 33.8. The van der Waals surface area contributed by atoms with Gasteiger partial charge in [0.25, 0.3) is 5.91 Å². The van der Waals surface area contributed by atoms with Crippen LogP contribution in [0.3, 0.4) is 0 Å². The second-order valence-corrected chi connectivity index (χ2v) is 7.08. The predicted molar refractivity (Wildman–Crippen MR) is 112 cm³/mol. The molecule has 1 aromatic heterocycles. The fourth-order valence-electron chi connectivity index (χ4n) is 3.49. The molecule has 0 spiro atoms. The summed E-state index contributed by atoms with van der Waals surface area (Å²) in [5, 5.41) is 4.69. The van der Waals surface area contributed by atoms with Crippen molar-refractivity contribution < 1.29 is 18.3 Å². The number of rotatable bonds is 7. The van der Waals surface area contributed by atoms with Crippen molar-refractivity contribution in [3.05, 3.63) is 72.6 Å². The fourth-order valence-corrected chi connectivity index (χ4v) is 3.49. The Morgan fingerprint density at radius 2 is 1.80 bits per heavy atom. The van der Waals surface area contributed by atoms with E-state index in [1.807, 2.05) is 42.5 Å². The molecule has 0 aliphatic rings. The average molecular weight is 409 g/mol. The Labute approximate surface area is 172 Å². The highest BCUT2D eigenvalue weighted by molar-refractivity contribution is 5.88. The van der Waals surface area contributed by atoms with Gasteiger partial charge in [0.15, 0.2) is 6.61 Å². The molecule has 4 aromatic rings. The lowest BCUT2D eigenvalue weighted by molar-refractivity contribution is -0.123. The molecule has 30 heavy (non-hydrogen) atoms. The maximum Gasteiger partial charge on any atom is 0.320 e. The van der Waals surface area contributed by atoms with Crippen molar-refractivity contribution in [1.29, 1.82) is 0 Å². The highest BCUT2D eigenvalue weighted by atomic mass is 19.3. The summed E-state index contributed by atoms with van der Waals surface area (Å²) in [6.45, 7) is -0.939. The number of amides is 1. The van der Waals surface area contributed by atoms with Crippen molar-refractivity contribution in [3.63, 3.8) is 0 Å². The van der Waals surface area contributed by atoms with Crippen LogP contribution in [0.2, 0.25) is 0 Å². The Bertz CT molecular complexity index is 1180. The lowest BCUT2D eigenvalue weighted by Crippen LogP contribution is -2.32. The molecule has 0 saturated carbocycles. The molecule has 7 heteroatoms. The van der Waals surface area contributed by atoms with E-state index in [1.165, 1.54) is 0 Å². The van der Waals surface area contributed by atoms with Gasteiger partial charge in [0.1, 0.15) is 11.6 Å². The highest BCUT2D eigenvalue weighted by Gasteiger charge is 2.22. The number of benzene rings is 3. The number of para-hydroxylation sites is 2. The van der Waals surface area contributed by atoms with Gasteiger partial charge < -0.3 is 10.1 Å². The first kappa shape index (κ1) is 19.8. The summed E-state index contributed by atoms with van der Waals surface area (Å²) in [6.07, 6.45) is 0. The minimum absolute atomic E-state index is 0.161. The number of nitrogens with one attached hydrogen (secondary N) is 1. The SMILES string of the molecule is C[C@@H](CNC(=O)COc1cccc2ccccc12)c1nc2ccccc2n1C(F)F. The zero-order valence-corrected chi connectivity index (χ0v) is 16.4. The fraction of sp³-hybridized carbons (Fsp3) is 0.217. The van der Waals surface area contributed by atoms with Gasteiger partial charge >= 0.3 is 6.55 Å². The topological polar surface area (TPSA) is 56.1 Å². The summed E-state index contributed by atoms with van der Waals surface area (Å²) in [7, 11) is 0. The van der Waals surface area contributed by atoms with Crippen LogP contribution in [0.25, 0.3) is 21.8 Å². The van der Waals surface area contributed by atoms with Crippen LogP contribution in [0.15, 0.2) is 66.7 Å². The average Bonchev–Trinajstić information content (AvgIpc) is 3.16. The number of carbonyl (C=O) groups excluding carboxylic acids is 1. The minimum Gasteiger partial charge on any atom is -0.483 e. The van der Waals surface area contributed by atoms with E-state index in [9.17, 15) is 13.6 Å². The Kier molecular flexibility index (Phi) is 5.61. The molecule has 0 aliphatic heterocycles. The molecule has 1 N–H and O–H groups in total. The monoisotopic (exact) mass is 409 g/mol. The van der Waals surface area contributed by atoms with Gasteiger partial charge in [-0.15, -0.1) is 0 Å². The largest absolute Gasteiger partial charge is 0.483 e. The predicted octanol–water partition coefficient (Wildman–Crippen LogP) is 4.88. The number of alkyl halides is 2. The lowest BCUT2D eigenvalue weighted by Gasteiger charge is -2.15. The molecule has 1 amide bonds. The molecular weight excluding hydrogens is 388 g/mol. The Morgan fingerprint density at radius 1 is 1.07 bits per heavy atom. The summed E-state index contributed by atoms with van der Waals surface area (Å²) >= 11 is 0. The molecule has 4 rings (SSSR count). The van der Waals surface area contributed by atoms with Gasteiger partial charge in [-0.1, -0.05) is 55.5 Å². The maximum absolute atomic E-state index is 13.6. The molecule has 0 radical (unpaired) electrons. The van der Waals surface area contributed by atoms with E-state index in [0.717, 1.165) is 15.3 Å². The van der Waals surface area contributed by atoms with Crippen LogP contribution in [0, 0.1) is 0 Å². The molecule has 3 aromatic carbocycles. The van der Waals surface area contributed by atoms with E-state index < -0.39 is 12.5 Å². The number of aromatic nitrogens is 2. The maximum atomic E-state index is 13.6. The minimum atomic E-state index is -2.71. The zero-order valence-electron chi connectivity index (χ0n) is 16.4. The molecule has 1 atom stereocenters. The van der Waals surface area contributed by atoms with Crippen LogP contribution in [-0.4, -0.2) is 28.6 Å². The number of halogens is 2. The normalized spacial score (nSPS) is 12.4. The van der Waals surface area contributed by atoms with Crippen LogP contribution < -0.4 is 10.1 Å². The first-order valence-corrected chi connectivity index (χ1v) is 9.67. The molecule has 154 valence electrons. The quantitative estimate of drug-likeness (QED) is 0.473.